The molecule has 3 aromatic rings. The van der Waals surface area contributed by atoms with Gasteiger partial charge >= 0.3 is 0 Å². The van der Waals surface area contributed by atoms with Crippen molar-refractivity contribution >= 4 is 33.9 Å². The Hall–Kier alpha value is -3.02. The van der Waals surface area contributed by atoms with Gasteiger partial charge in [-0.2, -0.15) is 0 Å². The number of benzene rings is 1. The molecule has 1 aliphatic heterocycles. The molecular weight excluding hydrogens is 450 g/mol. The third-order valence-corrected chi connectivity index (χ3v) is 6.31. The van der Waals surface area contributed by atoms with Crippen molar-refractivity contribution in [2.45, 2.75) is 13.3 Å². The largest absolute Gasteiger partial charge is 0.395 e. The molecule has 1 aromatic carbocycles. The first-order valence-corrected chi connectivity index (χ1v) is 11.4. The molecule has 2 N–H and O–H groups in total. The summed E-state index contributed by atoms with van der Waals surface area (Å²) in [5.41, 5.74) is -0.249. The van der Waals surface area contributed by atoms with Crippen LogP contribution in [0, 0.1) is 18.6 Å². The van der Waals surface area contributed by atoms with Crippen molar-refractivity contribution in [1.29, 1.82) is 0 Å². The molecule has 0 spiro atoms. The van der Waals surface area contributed by atoms with Gasteiger partial charge in [-0.3, -0.25) is 9.69 Å². The van der Waals surface area contributed by atoms with E-state index in [0.29, 0.717) is 28.2 Å². The third kappa shape index (κ3) is 5.67. The maximum atomic E-state index is 13.9. The van der Waals surface area contributed by atoms with Crippen LogP contribution in [0.1, 0.15) is 21.1 Å². The number of thiazole rings is 1. The van der Waals surface area contributed by atoms with Gasteiger partial charge in [0.25, 0.3) is 0 Å². The highest BCUT2D eigenvalue weighted by atomic mass is 32.1. The van der Waals surface area contributed by atoms with Crippen LogP contribution < -0.4 is 10.2 Å². The Labute approximate surface area is 193 Å². The number of rotatable bonds is 8. The second-order valence-electron chi connectivity index (χ2n) is 7.67. The molecule has 0 bridgehead atoms. The molecule has 0 amide bonds. The number of aryl methyl sites for hydroxylation is 1. The number of ketones is 1. The Morgan fingerprint density at radius 3 is 2.61 bits per heavy atom. The number of piperazine rings is 1. The number of hydrogen-bond donors (Lipinski definition) is 2. The summed E-state index contributed by atoms with van der Waals surface area (Å²) in [4.78, 5) is 30.3. The van der Waals surface area contributed by atoms with Crippen LogP contribution in [0.4, 0.5) is 25.5 Å². The minimum absolute atomic E-state index is 0.147. The van der Waals surface area contributed by atoms with Gasteiger partial charge in [0.15, 0.2) is 10.9 Å². The van der Waals surface area contributed by atoms with Crippen molar-refractivity contribution in [3.63, 3.8) is 0 Å². The van der Waals surface area contributed by atoms with E-state index in [9.17, 15) is 13.6 Å². The van der Waals surface area contributed by atoms with Crippen molar-refractivity contribution in [2.24, 2.45) is 0 Å². The van der Waals surface area contributed by atoms with E-state index in [1.165, 1.54) is 12.3 Å². The summed E-state index contributed by atoms with van der Waals surface area (Å²) in [7, 11) is 0. The predicted molar refractivity (Wildman–Crippen MR) is 122 cm³/mol. The summed E-state index contributed by atoms with van der Waals surface area (Å²) in [5.74, 6) is 0.0284. The van der Waals surface area contributed by atoms with Crippen LogP contribution in [0.15, 0.2) is 30.5 Å². The molecule has 1 aliphatic rings. The number of halogens is 2. The molecule has 33 heavy (non-hydrogen) atoms. The molecule has 0 radical (unpaired) electrons. The number of nitrogens with zero attached hydrogens (tertiary/aromatic N) is 5. The summed E-state index contributed by atoms with van der Waals surface area (Å²) >= 11 is 1.10. The van der Waals surface area contributed by atoms with Crippen molar-refractivity contribution in [1.82, 2.24) is 19.9 Å². The highest BCUT2D eigenvalue weighted by Gasteiger charge is 2.20. The maximum Gasteiger partial charge on any atom is 0.188 e. The van der Waals surface area contributed by atoms with Gasteiger partial charge in [0.2, 0.25) is 0 Å². The third-order valence-electron chi connectivity index (χ3n) is 5.35. The van der Waals surface area contributed by atoms with Gasteiger partial charge in [-0.25, -0.2) is 23.7 Å². The summed E-state index contributed by atoms with van der Waals surface area (Å²) in [6.07, 6.45) is 1.02. The second-order valence-corrected chi connectivity index (χ2v) is 8.70. The Kier molecular flexibility index (Phi) is 7.21. The molecule has 0 saturated carbocycles. The number of Topliss-reactive ketones (excluding diaryl/α,β-unsaturated/α-hetero) is 1. The first-order valence-electron chi connectivity index (χ1n) is 10.6. The van der Waals surface area contributed by atoms with Crippen LogP contribution in [0.25, 0.3) is 0 Å². The summed E-state index contributed by atoms with van der Waals surface area (Å²) in [5, 5.41) is 12.7. The van der Waals surface area contributed by atoms with E-state index < -0.39 is 17.4 Å². The van der Waals surface area contributed by atoms with Gasteiger partial charge in [-0.05, 0) is 19.1 Å². The zero-order valence-corrected chi connectivity index (χ0v) is 18.9. The average Bonchev–Trinajstić information content (AvgIpc) is 3.25. The first-order chi connectivity index (χ1) is 15.9. The number of carbonyl (C=O) groups is 1. The lowest BCUT2D eigenvalue weighted by Crippen LogP contribution is -2.47. The van der Waals surface area contributed by atoms with Gasteiger partial charge in [0.1, 0.15) is 29.1 Å². The molecule has 3 heterocycles. The quantitative estimate of drug-likeness (QED) is 0.482. The predicted octanol–water partition coefficient (Wildman–Crippen LogP) is 2.80. The van der Waals surface area contributed by atoms with E-state index in [1.54, 1.807) is 6.92 Å². The SMILES string of the molecule is Cc1nc(Nc2ncc(C(=O)Cc3c(F)cccc3F)s2)cc(N2CCN(CCO)CC2)n1. The van der Waals surface area contributed by atoms with Gasteiger partial charge in [-0.1, -0.05) is 17.4 Å². The molecule has 0 atom stereocenters. The normalized spacial score (nSPS) is 14.5. The minimum atomic E-state index is -0.743. The smallest absolute Gasteiger partial charge is 0.188 e. The van der Waals surface area contributed by atoms with E-state index in [2.05, 4.69) is 30.1 Å². The van der Waals surface area contributed by atoms with Crippen LogP contribution >= 0.6 is 11.3 Å². The highest BCUT2D eigenvalue weighted by Crippen LogP contribution is 2.26. The molecule has 1 fully saturated rings. The van der Waals surface area contributed by atoms with Crippen molar-refractivity contribution in [3.05, 3.63) is 58.4 Å². The number of carbonyl (C=O) groups excluding carboxylic acids is 1. The molecule has 174 valence electrons. The number of aliphatic hydroxyl groups is 1. The Balaban J connectivity index is 1.43. The molecule has 0 unspecified atom stereocenters. The van der Waals surface area contributed by atoms with Crippen LogP contribution in [0.3, 0.4) is 0 Å². The second kappa shape index (κ2) is 10.3. The molecule has 1 saturated heterocycles. The summed E-state index contributed by atoms with van der Waals surface area (Å²) < 4.78 is 27.7. The fourth-order valence-corrected chi connectivity index (χ4v) is 4.40. The van der Waals surface area contributed by atoms with Crippen LogP contribution in [-0.2, 0) is 6.42 Å². The van der Waals surface area contributed by atoms with Crippen LogP contribution in [0.5, 0.6) is 0 Å². The van der Waals surface area contributed by atoms with E-state index in [0.717, 1.165) is 55.5 Å². The van der Waals surface area contributed by atoms with E-state index in [-0.39, 0.29) is 18.6 Å². The highest BCUT2D eigenvalue weighted by molar-refractivity contribution is 7.17. The Bertz CT molecular complexity index is 1110. The molecular formula is C22H24F2N6O2S. The molecule has 0 aliphatic carbocycles. The van der Waals surface area contributed by atoms with Gasteiger partial charge in [0.05, 0.1) is 17.7 Å². The number of aromatic nitrogens is 3. The lowest BCUT2D eigenvalue weighted by atomic mass is 10.1. The first kappa shape index (κ1) is 23.1. The van der Waals surface area contributed by atoms with E-state index in [4.69, 9.17) is 5.11 Å². The summed E-state index contributed by atoms with van der Waals surface area (Å²) in [6, 6.07) is 5.35. The number of nitrogens with one attached hydrogen (secondary N) is 1. The number of aliphatic hydroxyl groups excluding tert-OH is 1. The molecule has 11 heteroatoms. The average molecular weight is 475 g/mol. The van der Waals surface area contributed by atoms with Crippen LogP contribution in [-0.4, -0.2) is 70.1 Å². The molecule has 4 rings (SSSR count). The van der Waals surface area contributed by atoms with Gasteiger partial charge in [-0.15, -0.1) is 0 Å². The van der Waals surface area contributed by atoms with Crippen LogP contribution in [0.2, 0.25) is 0 Å². The lowest BCUT2D eigenvalue weighted by Gasteiger charge is -2.35. The Morgan fingerprint density at radius 2 is 1.91 bits per heavy atom. The van der Waals surface area contributed by atoms with Gasteiger partial charge in [0, 0.05) is 50.8 Å². The number of β-amino-alcohol motifs (C(OH)–C–C–N with tert-alkyl or cyclic N) is 1. The van der Waals surface area contributed by atoms with Crippen molar-refractivity contribution in [2.75, 3.05) is 49.5 Å². The fraction of sp³-hybridized carbons (Fsp3) is 0.364. The minimum Gasteiger partial charge on any atom is -0.395 e. The topological polar surface area (TPSA) is 94.5 Å². The maximum absolute atomic E-state index is 13.9. The van der Waals surface area contributed by atoms with E-state index in [1.807, 2.05) is 6.07 Å². The van der Waals surface area contributed by atoms with E-state index >= 15 is 0 Å². The van der Waals surface area contributed by atoms with Crippen molar-refractivity contribution in [3.8, 4) is 0 Å². The van der Waals surface area contributed by atoms with Crippen molar-refractivity contribution < 1.29 is 18.7 Å². The lowest BCUT2D eigenvalue weighted by molar-refractivity contribution is 0.0994. The molecule has 8 nitrogen and oxygen atoms in total. The van der Waals surface area contributed by atoms with Gasteiger partial charge < -0.3 is 15.3 Å². The molecule has 2 aromatic heterocycles. The fourth-order valence-electron chi connectivity index (χ4n) is 3.64. The number of anilines is 3. The zero-order chi connectivity index (χ0) is 23.4. The number of hydrogen-bond acceptors (Lipinski definition) is 9. The zero-order valence-electron chi connectivity index (χ0n) is 18.1. The monoisotopic (exact) mass is 474 g/mol. The Morgan fingerprint density at radius 1 is 1.18 bits per heavy atom. The summed E-state index contributed by atoms with van der Waals surface area (Å²) in [6.45, 7) is 5.87. The standard InChI is InChI=1S/C22H24F2N6O2S/c1-14-26-20(12-21(27-14)30-7-5-29(6-8-30)9-10-31)28-22-25-13-19(33-22)18(32)11-15-16(23)3-2-4-17(15)24/h2-4,12-13,31H,5-11H2,1H3,(H,25,26,27,28).